The van der Waals surface area contributed by atoms with Crippen LogP contribution in [0.2, 0.25) is 0 Å². The number of halogens is 3. The largest absolute Gasteiger partial charge is 0.338 e. The molecule has 0 radical (unpaired) electrons. The Labute approximate surface area is 115 Å². The number of alkyl halides is 1. The molecule has 2 aromatic rings. The molecule has 0 bridgehead atoms. The fourth-order valence-electron chi connectivity index (χ4n) is 2.55. The van der Waals surface area contributed by atoms with Gasteiger partial charge in [-0.15, -0.1) is 11.6 Å². The van der Waals surface area contributed by atoms with Gasteiger partial charge >= 0.3 is 0 Å². The third-order valence-corrected chi connectivity index (χ3v) is 3.72. The lowest BCUT2D eigenvalue weighted by molar-refractivity contribution is 0.622. The predicted molar refractivity (Wildman–Crippen MR) is 73.1 cm³/mol. The normalized spacial score (nSPS) is 13.7. The van der Waals surface area contributed by atoms with Crippen molar-refractivity contribution in [2.45, 2.75) is 12.3 Å². The second-order valence-electron chi connectivity index (χ2n) is 4.56. The van der Waals surface area contributed by atoms with E-state index in [-0.39, 0.29) is 17.5 Å². The Morgan fingerprint density at radius 1 is 1.16 bits per heavy atom. The van der Waals surface area contributed by atoms with Crippen LogP contribution in [0.5, 0.6) is 0 Å². The SMILES string of the molecule is Fc1ccc2c(c1)N(c1c(F)cccc1CCl)CC2. The summed E-state index contributed by atoms with van der Waals surface area (Å²) in [6.07, 6.45) is 0.783. The number of benzene rings is 2. The maximum absolute atomic E-state index is 14.1. The first-order valence-electron chi connectivity index (χ1n) is 6.10. The van der Waals surface area contributed by atoms with Crippen LogP contribution in [-0.4, -0.2) is 6.54 Å². The number of fused-ring (bicyclic) bond motifs is 1. The Balaban J connectivity index is 2.14. The summed E-state index contributed by atoms with van der Waals surface area (Å²) in [6, 6.07) is 9.48. The van der Waals surface area contributed by atoms with E-state index in [2.05, 4.69) is 0 Å². The first-order chi connectivity index (χ1) is 9.20. The fraction of sp³-hybridized carbons (Fsp3) is 0.200. The molecule has 0 amide bonds. The van der Waals surface area contributed by atoms with Crippen LogP contribution in [0.25, 0.3) is 0 Å². The molecule has 4 heteroatoms. The molecule has 0 aliphatic carbocycles. The first-order valence-corrected chi connectivity index (χ1v) is 6.63. The number of hydrogen-bond acceptors (Lipinski definition) is 1. The van der Waals surface area contributed by atoms with Crippen LogP contribution < -0.4 is 4.90 Å². The van der Waals surface area contributed by atoms with E-state index in [4.69, 9.17) is 11.6 Å². The van der Waals surface area contributed by atoms with Gasteiger partial charge in [0.25, 0.3) is 0 Å². The van der Waals surface area contributed by atoms with Crippen LogP contribution in [0.1, 0.15) is 11.1 Å². The summed E-state index contributed by atoms with van der Waals surface area (Å²) < 4.78 is 27.5. The van der Waals surface area contributed by atoms with E-state index < -0.39 is 0 Å². The topological polar surface area (TPSA) is 3.24 Å². The highest BCUT2D eigenvalue weighted by molar-refractivity contribution is 6.17. The molecular weight excluding hydrogens is 268 g/mol. The zero-order valence-corrected chi connectivity index (χ0v) is 10.9. The molecule has 1 aliphatic heterocycles. The molecule has 0 saturated heterocycles. The zero-order valence-electron chi connectivity index (χ0n) is 10.2. The minimum Gasteiger partial charge on any atom is -0.338 e. The van der Waals surface area contributed by atoms with Crippen LogP contribution in [0, 0.1) is 11.6 Å². The van der Waals surface area contributed by atoms with Crippen molar-refractivity contribution in [2.24, 2.45) is 0 Å². The Morgan fingerprint density at radius 2 is 2.00 bits per heavy atom. The van der Waals surface area contributed by atoms with E-state index in [9.17, 15) is 8.78 Å². The molecule has 1 aliphatic rings. The van der Waals surface area contributed by atoms with Gasteiger partial charge in [0.15, 0.2) is 0 Å². The van der Waals surface area contributed by atoms with Crippen molar-refractivity contribution in [3.8, 4) is 0 Å². The number of hydrogen-bond donors (Lipinski definition) is 0. The highest BCUT2D eigenvalue weighted by atomic mass is 35.5. The first kappa shape index (κ1) is 12.4. The van der Waals surface area contributed by atoms with E-state index >= 15 is 0 Å². The van der Waals surface area contributed by atoms with Gasteiger partial charge < -0.3 is 4.90 Å². The minimum atomic E-state index is -0.324. The molecule has 3 rings (SSSR count). The lowest BCUT2D eigenvalue weighted by Crippen LogP contribution is -2.16. The summed E-state index contributed by atoms with van der Waals surface area (Å²) in [7, 11) is 0. The van der Waals surface area contributed by atoms with Crippen molar-refractivity contribution in [2.75, 3.05) is 11.4 Å². The van der Waals surface area contributed by atoms with E-state index in [1.165, 1.54) is 18.2 Å². The molecule has 0 aromatic heterocycles. The van der Waals surface area contributed by atoms with Crippen molar-refractivity contribution >= 4 is 23.0 Å². The summed E-state index contributed by atoms with van der Waals surface area (Å²) >= 11 is 5.87. The van der Waals surface area contributed by atoms with E-state index in [0.29, 0.717) is 12.2 Å². The molecule has 0 N–H and O–H groups in total. The van der Waals surface area contributed by atoms with Crippen molar-refractivity contribution in [3.63, 3.8) is 0 Å². The van der Waals surface area contributed by atoms with Gasteiger partial charge in [-0.2, -0.15) is 0 Å². The molecule has 0 unspecified atom stereocenters. The Morgan fingerprint density at radius 3 is 2.79 bits per heavy atom. The lowest BCUT2D eigenvalue weighted by atomic mass is 10.1. The van der Waals surface area contributed by atoms with Crippen molar-refractivity contribution < 1.29 is 8.78 Å². The van der Waals surface area contributed by atoms with Crippen LogP contribution in [0.15, 0.2) is 36.4 Å². The van der Waals surface area contributed by atoms with Crippen LogP contribution >= 0.6 is 11.6 Å². The maximum Gasteiger partial charge on any atom is 0.147 e. The molecule has 98 valence electrons. The molecule has 0 fully saturated rings. The summed E-state index contributed by atoms with van der Waals surface area (Å²) in [5, 5.41) is 0. The Kier molecular flexibility index (Phi) is 3.15. The number of rotatable bonds is 2. The van der Waals surface area contributed by atoms with Crippen molar-refractivity contribution in [1.82, 2.24) is 0 Å². The Bertz CT molecular complexity index is 628. The third-order valence-electron chi connectivity index (χ3n) is 3.43. The standard InChI is InChI=1S/C15H12ClF2N/c16-9-11-2-1-3-13(18)15(11)19-7-6-10-4-5-12(17)8-14(10)19/h1-5,8H,6-7,9H2. The van der Waals surface area contributed by atoms with Gasteiger partial charge in [-0.1, -0.05) is 18.2 Å². The quantitative estimate of drug-likeness (QED) is 0.737. The second kappa shape index (κ2) is 4.82. The molecule has 0 spiro atoms. The molecule has 1 nitrogen and oxygen atoms in total. The monoisotopic (exact) mass is 279 g/mol. The number of para-hydroxylation sites is 1. The van der Waals surface area contributed by atoms with Crippen molar-refractivity contribution in [3.05, 3.63) is 59.2 Å². The van der Waals surface area contributed by atoms with Gasteiger partial charge in [-0.25, -0.2) is 8.78 Å². The lowest BCUT2D eigenvalue weighted by Gasteiger charge is -2.22. The summed E-state index contributed by atoms with van der Waals surface area (Å²) in [5.41, 5.74) is 2.95. The second-order valence-corrected chi connectivity index (χ2v) is 4.82. The number of nitrogens with zero attached hydrogens (tertiary/aromatic N) is 1. The predicted octanol–water partition coefficient (Wildman–Crippen LogP) is 4.40. The summed E-state index contributed by atoms with van der Waals surface area (Å²) in [4.78, 5) is 1.81. The molecule has 19 heavy (non-hydrogen) atoms. The molecule has 1 heterocycles. The summed E-state index contributed by atoms with van der Waals surface area (Å²) in [5.74, 6) is -0.404. The molecule has 2 aromatic carbocycles. The fourth-order valence-corrected chi connectivity index (χ4v) is 2.77. The highest BCUT2D eigenvalue weighted by Gasteiger charge is 2.25. The molecule has 0 atom stereocenters. The van der Waals surface area contributed by atoms with Gasteiger partial charge in [0.2, 0.25) is 0 Å². The Hall–Kier alpha value is -1.61. The van der Waals surface area contributed by atoms with Gasteiger partial charge in [0.1, 0.15) is 11.6 Å². The molecular formula is C15H12ClF2N. The van der Waals surface area contributed by atoms with Gasteiger partial charge in [-0.05, 0) is 35.7 Å². The third kappa shape index (κ3) is 2.08. The number of anilines is 2. The average Bonchev–Trinajstić information content (AvgIpc) is 2.81. The van der Waals surface area contributed by atoms with E-state index in [1.54, 1.807) is 18.2 Å². The highest BCUT2D eigenvalue weighted by Crippen LogP contribution is 2.38. The zero-order chi connectivity index (χ0) is 13.4. The van der Waals surface area contributed by atoms with Crippen LogP contribution in [0.3, 0.4) is 0 Å². The van der Waals surface area contributed by atoms with Crippen molar-refractivity contribution in [1.29, 1.82) is 0 Å². The summed E-state index contributed by atoms with van der Waals surface area (Å²) in [6.45, 7) is 0.642. The minimum absolute atomic E-state index is 0.230. The van der Waals surface area contributed by atoms with E-state index in [1.807, 2.05) is 4.90 Å². The van der Waals surface area contributed by atoms with Crippen LogP contribution in [0.4, 0.5) is 20.2 Å². The van der Waals surface area contributed by atoms with Gasteiger partial charge in [0, 0.05) is 18.1 Å². The smallest absolute Gasteiger partial charge is 0.147 e. The van der Waals surface area contributed by atoms with Gasteiger partial charge in [-0.3, -0.25) is 0 Å². The van der Waals surface area contributed by atoms with Gasteiger partial charge in [0.05, 0.1) is 5.69 Å². The van der Waals surface area contributed by atoms with Crippen LogP contribution in [-0.2, 0) is 12.3 Å². The van der Waals surface area contributed by atoms with E-state index in [0.717, 1.165) is 23.2 Å². The maximum atomic E-state index is 14.1. The molecule has 0 saturated carbocycles. The average molecular weight is 280 g/mol.